The topological polar surface area (TPSA) is 87.5 Å². The molecule has 0 aliphatic rings. The van der Waals surface area contributed by atoms with Crippen molar-refractivity contribution in [3.63, 3.8) is 0 Å². The number of carbonyl (C=O) groups is 2. The first-order valence-electron chi connectivity index (χ1n) is 11.7. The largest absolute Gasteiger partial charge is 0.480 e. The summed E-state index contributed by atoms with van der Waals surface area (Å²) in [7, 11) is 0. The molecule has 0 unspecified atom stereocenters. The van der Waals surface area contributed by atoms with E-state index in [-0.39, 0.29) is 36.2 Å². The van der Waals surface area contributed by atoms with Crippen molar-refractivity contribution < 1.29 is 32.3 Å². The zero-order valence-corrected chi connectivity index (χ0v) is 20.3. The summed E-state index contributed by atoms with van der Waals surface area (Å²) in [6.07, 6.45) is -3.34. The third kappa shape index (κ3) is 5.93. The molecule has 0 atom stereocenters. The lowest BCUT2D eigenvalue weighted by atomic mass is 10.00. The van der Waals surface area contributed by atoms with Gasteiger partial charge in [0.1, 0.15) is 18.1 Å². The van der Waals surface area contributed by atoms with Crippen molar-refractivity contribution >= 4 is 23.0 Å². The van der Waals surface area contributed by atoms with Crippen molar-refractivity contribution in [2.24, 2.45) is 0 Å². The van der Waals surface area contributed by atoms with Crippen LogP contribution in [0.3, 0.4) is 0 Å². The second-order valence-corrected chi connectivity index (χ2v) is 8.59. The summed E-state index contributed by atoms with van der Waals surface area (Å²) >= 11 is 0. The second-order valence-electron chi connectivity index (χ2n) is 8.59. The van der Waals surface area contributed by atoms with E-state index in [1.807, 2.05) is 30.3 Å². The number of benzene rings is 2. The number of hydrogen-bond acceptors (Lipinski definition) is 3. The zero-order chi connectivity index (χ0) is 27.4. The molecular weight excluding hydrogens is 504 g/mol. The van der Waals surface area contributed by atoms with Crippen LogP contribution in [-0.2, 0) is 30.6 Å². The highest BCUT2D eigenvalue weighted by Gasteiger charge is 2.33. The highest BCUT2D eigenvalue weighted by molar-refractivity contribution is 5.94. The van der Waals surface area contributed by atoms with Gasteiger partial charge in [-0.2, -0.15) is 13.2 Å². The molecule has 0 bridgehead atoms. The number of alkyl halides is 3. The number of carboxylic acids is 1. The Kier molecular flexibility index (Phi) is 7.65. The molecule has 0 radical (unpaired) electrons. The number of carboxylic acid groups (broad SMARTS) is 1. The van der Waals surface area contributed by atoms with Crippen molar-refractivity contribution in [2.45, 2.75) is 32.7 Å². The average Bonchev–Trinajstić information content (AvgIpc) is 3.22. The third-order valence-corrected chi connectivity index (χ3v) is 5.99. The number of carbonyl (C=O) groups excluding carboxylic acids is 1. The number of hydrogen-bond donors (Lipinski definition) is 2. The van der Waals surface area contributed by atoms with Gasteiger partial charge in [0.2, 0.25) is 0 Å². The van der Waals surface area contributed by atoms with Gasteiger partial charge in [0.25, 0.3) is 0 Å². The second kappa shape index (κ2) is 10.9. The predicted molar refractivity (Wildman–Crippen MR) is 133 cm³/mol. The molecule has 0 spiro atoms. The highest BCUT2D eigenvalue weighted by atomic mass is 19.4. The Balaban J connectivity index is 1.73. The lowest BCUT2D eigenvalue weighted by molar-refractivity contribution is -0.141. The molecule has 2 amide bonds. The molecule has 0 aliphatic heterocycles. The Hall–Kier alpha value is -4.41. The van der Waals surface area contributed by atoms with E-state index in [9.17, 15) is 32.3 Å². The van der Waals surface area contributed by atoms with E-state index >= 15 is 0 Å². The molecule has 0 saturated carbocycles. The van der Waals surface area contributed by atoms with Gasteiger partial charge in [0, 0.05) is 31.4 Å². The number of aliphatic carboxylic acids is 1. The maximum atomic E-state index is 14.3. The van der Waals surface area contributed by atoms with Crippen LogP contribution >= 0.6 is 0 Å². The Morgan fingerprint density at radius 3 is 2.45 bits per heavy atom. The molecule has 11 heteroatoms. The number of halogens is 4. The molecule has 2 heterocycles. The lowest BCUT2D eigenvalue weighted by Crippen LogP contribution is -2.39. The fourth-order valence-corrected chi connectivity index (χ4v) is 4.17. The number of amides is 2. The van der Waals surface area contributed by atoms with Crippen LogP contribution in [-0.4, -0.2) is 38.1 Å². The number of nitrogens with zero attached hydrogens (tertiary/aromatic N) is 3. The van der Waals surface area contributed by atoms with Crippen molar-refractivity contribution in [1.29, 1.82) is 0 Å². The number of aromatic nitrogens is 2. The number of urea groups is 1. The van der Waals surface area contributed by atoms with E-state index in [1.165, 1.54) is 27.8 Å². The van der Waals surface area contributed by atoms with Gasteiger partial charge in [-0.15, -0.1) is 0 Å². The van der Waals surface area contributed by atoms with Crippen LogP contribution in [0.15, 0.2) is 66.9 Å². The molecule has 7 nitrogen and oxygen atoms in total. The molecule has 38 heavy (non-hydrogen) atoms. The summed E-state index contributed by atoms with van der Waals surface area (Å²) in [5, 5.41) is 12.1. The zero-order valence-electron chi connectivity index (χ0n) is 20.3. The van der Waals surface area contributed by atoms with Crippen LogP contribution in [0.2, 0.25) is 0 Å². The maximum absolute atomic E-state index is 14.3. The average molecular weight is 529 g/mol. The predicted octanol–water partition coefficient (Wildman–Crippen LogP) is 5.68. The maximum Gasteiger partial charge on any atom is 0.433 e. The summed E-state index contributed by atoms with van der Waals surface area (Å²) in [6.45, 7) is 1.74. The fourth-order valence-electron chi connectivity index (χ4n) is 4.17. The Morgan fingerprint density at radius 2 is 1.79 bits per heavy atom. The molecule has 198 valence electrons. The number of fused-ring (bicyclic) bond motifs is 1. The minimum absolute atomic E-state index is 0.0468. The Bertz CT molecular complexity index is 1470. The highest BCUT2D eigenvalue weighted by Crippen LogP contribution is 2.36. The van der Waals surface area contributed by atoms with Crippen LogP contribution in [0.25, 0.3) is 22.2 Å². The van der Waals surface area contributed by atoms with Crippen molar-refractivity contribution in [3.8, 4) is 11.1 Å². The number of pyridine rings is 1. The van der Waals surface area contributed by atoms with Crippen molar-refractivity contribution in [3.05, 3.63) is 89.5 Å². The first-order valence-corrected chi connectivity index (χ1v) is 11.7. The monoisotopic (exact) mass is 528 g/mol. The summed E-state index contributed by atoms with van der Waals surface area (Å²) in [4.78, 5) is 29.5. The molecule has 2 aromatic carbocycles. The van der Waals surface area contributed by atoms with Crippen molar-refractivity contribution in [2.75, 3.05) is 6.54 Å². The fraction of sp³-hybridized carbons (Fsp3) is 0.222. The van der Waals surface area contributed by atoms with Gasteiger partial charge in [-0.1, -0.05) is 36.4 Å². The van der Waals surface area contributed by atoms with Gasteiger partial charge >= 0.3 is 18.2 Å². The Morgan fingerprint density at radius 1 is 1.05 bits per heavy atom. The van der Waals surface area contributed by atoms with E-state index in [2.05, 4.69) is 10.3 Å². The van der Waals surface area contributed by atoms with E-state index in [0.717, 1.165) is 23.8 Å². The summed E-state index contributed by atoms with van der Waals surface area (Å²) in [6, 6.07) is 14.5. The number of rotatable bonds is 8. The third-order valence-electron chi connectivity index (χ3n) is 5.99. The quantitative estimate of drug-likeness (QED) is 0.288. The van der Waals surface area contributed by atoms with Gasteiger partial charge in [0.15, 0.2) is 0 Å². The van der Waals surface area contributed by atoms with Crippen LogP contribution < -0.4 is 5.32 Å². The summed E-state index contributed by atoms with van der Waals surface area (Å²) < 4.78 is 55.9. The summed E-state index contributed by atoms with van der Waals surface area (Å²) in [5.74, 6) is -1.79. The minimum Gasteiger partial charge on any atom is -0.480 e. The van der Waals surface area contributed by atoms with E-state index in [0.29, 0.717) is 11.1 Å². The molecule has 2 aromatic heterocycles. The minimum atomic E-state index is -4.72. The molecule has 0 saturated heterocycles. The van der Waals surface area contributed by atoms with Crippen LogP contribution in [0.4, 0.5) is 22.4 Å². The molecule has 0 aliphatic carbocycles. The Labute approximate surface area is 215 Å². The van der Waals surface area contributed by atoms with Gasteiger partial charge in [-0.25, -0.2) is 14.2 Å². The molecule has 2 N–H and O–H groups in total. The first-order chi connectivity index (χ1) is 18.1. The van der Waals surface area contributed by atoms with E-state index in [1.54, 1.807) is 6.92 Å². The van der Waals surface area contributed by atoms with Gasteiger partial charge < -0.3 is 19.9 Å². The standard InChI is InChI=1S/C27H24F4N4O3/c1-2-34(26(38)32-13-17-6-4-3-5-7-17)14-18-12-19(28)8-9-20(18)21-15-35(16-24(36)37)22-10-11-23(27(29,30)31)33-25(21)22/h3-12,15H,2,13-14,16H2,1H3,(H,32,38)(H,36,37). The van der Waals surface area contributed by atoms with Crippen LogP contribution in [0, 0.1) is 5.82 Å². The van der Waals surface area contributed by atoms with Crippen LogP contribution in [0.1, 0.15) is 23.7 Å². The molecular formula is C27H24F4N4O3. The van der Waals surface area contributed by atoms with Gasteiger partial charge in [-0.05, 0) is 47.9 Å². The van der Waals surface area contributed by atoms with Gasteiger partial charge in [0.05, 0.1) is 11.0 Å². The normalized spacial score (nSPS) is 11.5. The van der Waals surface area contributed by atoms with Gasteiger partial charge in [-0.3, -0.25) is 4.79 Å². The molecule has 4 aromatic rings. The van der Waals surface area contributed by atoms with E-state index < -0.39 is 36.2 Å². The first kappa shape index (κ1) is 26.6. The smallest absolute Gasteiger partial charge is 0.433 e. The van der Waals surface area contributed by atoms with Crippen molar-refractivity contribution in [1.82, 2.24) is 19.8 Å². The summed E-state index contributed by atoms with van der Waals surface area (Å²) in [5.41, 5.74) is 0.712. The van der Waals surface area contributed by atoms with Crippen LogP contribution in [0.5, 0.6) is 0 Å². The lowest BCUT2D eigenvalue weighted by Gasteiger charge is -2.23. The molecule has 4 rings (SSSR count). The number of nitrogens with one attached hydrogen (secondary N) is 1. The molecule has 0 fully saturated rings. The SMILES string of the molecule is CCN(Cc1cc(F)ccc1-c1cn(CC(=O)O)c2ccc(C(F)(F)F)nc12)C(=O)NCc1ccccc1. The van der Waals surface area contributed by atoms with E-state index in [4.69, 9.17) is 0 Å².